The van der Waals surface area contributed by atoms with Crippen molar-refractivity contribution in [2.24, 2.45) is 0 Å². The van der Waals surface area contributed by atoms with E-state index in [9.17, 15) is 0 Å². The molecule has 0 saturated heterocycles. The largest absolute Gasteiger partial charge is 0.457 e. The molecule has 0 radical (unpaired) electrons. The van der Waals surface area contributed by atoms with Crippen LogP contribution >= 0.6 is 0 Å². The van der Waals surface area contributed by atoms with Gasteiger partial charge in [0.05, 0.1) is 0 Å². The molecule has 0 spiro atoms. The van der Waals surface area contributed by atoms with Crippen LogP contribution in [-0.2, 0) is 332 Å². The molecule has 0 saturated carbocycles. The fraction of sp³-hybridized carbons (Fsp3) is 0.500. The summed E-state index contributed by atoms with van der Waals surface area (Å²) in [5, 5.41) is 0. The summed E-state index contributed by atoms with van der Waals surface area (Å²) in [6.45, 7) is 0. The van der Waals surface area contributed by atoms with Crippen molar-refractivity contribution >= 4 is 0 Å². The summed E-state index contributed by atoms with van der Waals surface area (Å²) < 4.78 is 0. The Morgan fingerprint density at radius 3 is 0.135 bits per heavy atom. The van der Waals surface area contributed by atoms with Gasteiger partial charge >= 0.3 is 0 Å². The minimum absolute atomic E-state index is 0. The third-order valence-corrected chi connectivity index (χ3v) is 0. The molecule has 0 unspecified atom stereocenters. The maximum Gasteiger partial charge on any atom is 0 e. The van der Waals surface area contributed by atoms with E-state index in [-0.39, 0.29) is 451 Å². The molecule has 50 N–H and O–H groups in total. The molecule has 0 bridgehead atoms. The Labute approximate surface area is 441 Å². The van der Waals surface area contributed by atoms with Crippen LogP contribution in [0.3, 0.4) is 0 Å². The van der Waals surface area contributed by atoms with Crippen LogP contribution in [0.1, 0.15) is 7.43 Å². The number of hydrogen-bond donors (Lipinski definition) is 0. The molecule has 35 heteroatoms. The van der Waals surface area contributed by atoms with Crippen molar-refractivity contribution in [3.05, 3.63) is 7.43 Å². The fourth-order valence-corrected chi connectivity index (χ4v) is 0. The molecule has 0 aromatic heterocycles. The first kappa shape index (κ1) is 1060. The normalized spacial score (nSPS) is 0. The average molecular weight is 2590 g/mol. The summed E-state index contributed by atoms with van der Waals surface area (Å²) in [6, 6.07) is 0. The molecule has 37 heavy (non-hydrogen) atoms. The van der Waals surface area contributed by atoms with Crippen molar-refractivity contribution in [1.29, 1.82) is 0 Å². The first-order valence-electron chi connectivity index (χ1n) is 0. The second-order valence-corrected chi connectivity index (χ2v) is 0. The smallest absolute Gasteiger partial charge is 0 e. The summed E-state index contributed by atoms with van der Waals surface area (Å²) in [4.78, 5) is 0. The van der Waals surface area contributed by atoms with E-state index in [1.807, 2.05) is 0 Å². The van der Waals surface area contributed by atoms with Crippen molar-refractivity contribution in [2.75, 3.05) is 0 Å². The molecule has 0 heterocycles. The molecule has 0 fully saturated rings. The van der Waals surface area contributed by atoms with Crippen molar-refractivity contribution in [3.8, 4) is 0 Å². The second-order valence-electron chi connectivity index (χ2n) is 0. The van der Waals surface area contributed by atoms with E-state index in [0.29, 0.717) is 0 Å². The number of hydrogen-bond acceptors (Lipinski definition) is 0. The summed E-state index contributed by atoms with van der Waals surface area (Å²) in [5.74, 6) is 0. The molecule has 0 aliphatic rings. The van der Waals surface area contributed by atoms with E-state index < -0.39 is 0 Å². The predicted octanol–water partition coefficient (Wildman–Crippen LogP) is -18.3. The Bertz CT molecular complexity index is 43.7. The Morgan fingerprint density at radius 1 is 0.135 bits per heavy atom. The van der Waals surface area contributed by atoms with Crippen LogP contribution in [0.4, 0.5) is 0 Å². The van der Waals surface area contributed by atoms with Gasteiger partial charge in [-0.2, -0.15) is 0 Å². The summed E-state index contributed by atoms with van der Waals surface area (Å²) >= 11 is 0. The number of rotatable bonds is 0. The zero-order chi connectivity index (χ0) is 0. The Kier molecular flexibility index (Phi) is 28600. The van der Waals surface area contributed by atoms with Crippen molar-refractivity contribution < 1.29 is 436 Å². The standard InChI is InChI=1S/CH4.CH3.12Hf.23H2O/h1H4;1H3;;;;;;;;;;;;;23*1H2/q;-1;;;;;;;;;;;;;;;;;;;;;;;;;;;;;;;;;;;/p+4. The van der Waals surface area contributed by atoms with Crippen molar-refractivity contribution in [2.45, 2.75) is 7.43 Å². The molecule has 248 valence electrons. The molecule has 0 aliphatic heterocycles. The summed E-state index contributed by atoms with van der Waals surface area (Å²) in [7, 11) is 0. The summed E-state index contributed by atoms with van der Waals surface area (Å²) in [5.41, 5.74) is 0. The molecule has 0 amide bonds. The summed E-state index contributed by atoms with van der Waals surface area (Å²) in [6.07, 6.45) is 0. The molecular formula is C2H57Hf12O23+3. The van der Waals surface area contributed by atoms with Gasteiger partial charge in [-0.05, 0) is 0 Å². The van der Waals surface area contributed by atoms with Gasteiger partial charge in [-0.25, -0.2) is 0 Å². The van der Waals surface area contributed by atoms with Gasteiger partial charge in [0.25, 0.3) is 0 Å². The van der Waals surface area contributed by atoms with Crippen LogP contribution in [-0.4, -0.2) is 104 Å². The van der Waals surface area contributed by atoms with E-state index >= 15 is 0 Å². The topological polar surface area (TPSA) is 730 Å². The third kappa shape index (κ3) is 951. The molecule has 0 aliphatic carbocycles. The average Bonchev–Trinajstić information content (AvgIpc) is 0. The Morgan fingerprint density at radius 2 is 0.135 bits per heavy atom. The van der Waals surface area contributed by atoms with E-state index in [2.05, 4.69) is 0 Å². The third-order valence-electron chi connectivity index (χ3n) is 0. The molecule has 0 atom stereocenters. The first-order chi connectivity index (χ1) is 0. The van der Waals surface area contributed by atoms with Gasteiger partial charge in [-0.3, -0.25) is 0 Å². The first-order valence-corrected chi connectivity index (χ1v) is 0. The van der Waals surface area contributed by atoms with E-state index in [4.69, 9.17) is 0 Å². The van der Waals surface area contributed by atoms with Crippen LogP contribution in [0.5, 0.6) is 0 Å². The molecule has 23 nitrogen and oxygen atoms in total. The zero-order valence-corrected chi connectivity index (χ0v) is 61.9. The molecule has 0 rings (SSSR count). The van der Waals surface area contributed by atoms with Crippen LogP contribution < -0.4 is 0 Å². The maximum atomic E-state index is 0. The quantitative estimate of drug-likeness (QED) is 0.124. The van der Waals surface area contributed by atoms with E-state index in [1.165, 1.54) is 0 Å². The van der Waals surface area contributed by atoms with Gasteiger partial charge < -0.3 is 133 Å². The molecule has 0 aromatic rings. The predicted molar refractivity (Wildman–Crippen MR) is 101 cm³/mol. The van der Waals surface area contributed by atoms with Crippen LogP contribution in [0, 0.1) is 7.43 Å². The van der Waals surface area contributed by atoms with Gasteiger partial charge in [0.15, 0.2) is 0 Å². The molecule has 0 aromatic carbocycles. The van der Waals surface area contributed by atoms with Crippen LogP contribution in [0.25, 0.3) is 0 Å². The minimum Gasteiger partial charge on any atom is -0.457 e. The zero-order valence-electron chi connectivity index (χ0n) is 18.8. The van der Waals surface area contributed by atoms with Gasteiger partial charge in [0, 0.05) is 310 Å². The van der Waals surface area contributed by atoms with Crippen LogP contribution in [0.15, 0.2) is 0 Å². The second kappa shape index (κ2) is 995. The van der Waals surface area contributed by atoms with Crippen molar-refractivity contribution in [3.63, 3.8) is 0 Å². The maximum absolute atomic E-state index is 0. The fourth-order valence-electron chi connectivity index (χ4n) is 0. The van der Waals surface area contributed by atoms with Gasteiger partial charge in [0.1, 0.15) is 0 Å². The monoisotopic (exact) mass is 2610 g/mol. The van der Waals surface area contributed by atoms with Gasteiger partial charge in [-0.15, -0.1) is 0 Å². The van der Waals surface area contributed by atoms with E-state index in [1.54, 1.807) is 0 Å². The molecular weight excluding hydrogens is 2530 g/mol. The Balaban J connectivity index is 0. The Hall–Kier alpha value is 9.52. The minimum atomic E-state index is 0. The van der Waals surface area contributed by atoms with Gasteiger partial charge in [0.2, 0.25) is 0 Å². The SMILES string of the molecule is C.O.O.O.O.O.O.O.O.O.O.O.O.O.O.O.O.O.O.O.[CH3-].[Hf].[Hf].[Hf].[Hf].[Hf].[Hf].[Hf].[Hf].[Hf].[Hf].[Hf].[Hf].[OH3+].[OH3+].[OH3+].[OH3+]. The van der Waals surface area contributed by atoms with Crippen LogP contribution in [0.2, 0.25) is 0 Å². The van der Waals surface area contributed by atoms with Crippen molar-refractivity contribution in [1.82, 2.24) is 0 Å². The van der Waals surface area contributed by atoms with Gasteiger partial charge in [-0.1, -0.05) is 7.43 Å². The van der Waals surface area contributed by atoms with E-state index in [0.717, 1.165) is 0 Å².